The fraction of sp³-hybridized carbons (Fsp3) is 0.429. The first-order chi connectivity index (χ1) is 10.4. The van der Waals surface area contributed by atoms with E-state index in [0.29, 0.717) is 12.8 Å². The molecule has 2 atom stereocenters. The van der Waals surface area contributed by atoms with E-state index < -0.39 is 29.0 Å². The fourth-order valence-corrected chi connectivity index (χ4v) is 2.46. The van der Waals surface area contributed by atoms with Crippen molar-refractivity contribution in [2.75, 3.05) is 0 Å². The Bertz CT molecular complexity index is 731. The number of carbonyl (C=O) groups excluding carboxylic acids is 2. The smallest absolute Gasteiger partial charge is 0.328 e. The summed E-state index contributed by atoms with van der Waals surface area (Å²) in [5.41, 5.74) is 4.45. The topological polar surface area (TPSA) is 127 Å². The molecule has 22 heavy (non-hydrogen) atoms. The van der Waals surface area contributed by atoms with Crippen molar-refractivity contribution >= 4 is 11.8 Å². The van der Waals surface area contributed by atoms with Crippen molar-refractivity contribution in [3.8, 4) is 0 Å². The van der Waals surface area contributed by atoms with Gasteiger partial charge in [0.2, 0.25) is 11.8 Å². The molecule has 0 saturated carbocycles. The predicted molar refractivity (Wildman–Crippen MR) is 79.0 cm³/mol. The second kappa shape index (κ2) is 6.42. The zero-order valence-electron chi connectivity index (χ0n) is 12.2. The number of carbonyl (C=O) groups is 2. The molecule has 8 heteroatoms. The van der Waals surface area contributed by atoms with Crippen LogP contribution < -0.4 is 22.3 Å². The number of primary amides is 1. The van der Waals surface area contributed by atoms with E-state index in [4.69, 9.17) is 5.73 Å². The van der Waals surface area contributed by atoms with Gasteiger partial charge in [-0.25, -0.2) is 4.79 Å². The van der Waals surface area contributed by atoms with E-state index in [2.05, 4.69) is 10.3 Å². The lowest BCUT2D eigenvalue weighted by molar-refractivity contribution is -0.124. The van der Waals surface area contributed by atoms with Crippen LogP contribution >= 0.6 is 0 Å². The normalized spacial score (nSPS) is 20.6. The van der Waals surface area contributed by atoms with E-state index in [1.807, 2.05) is 12.2 Å². The average Bonchev–Trinajstić information content (AvgIpc) is 2.48. The zero-order chi connectivity index (χ0) is 16.3. The van der Waals surface area contributed by atoms with E-state index in [-0.39, 0.29) is 18.0 Å². The van der Waals surface area contributed by atoms with Gasteiger partial charge in [0.05, 0.1) is 12.3 Å². The molecule has 0 fully saturated rings. The monoisotopic (exact) mass is 306 g/mol. The molecule has 1 aromatic heterocycles. The number of nitrogens with two attached hydrogens (primary N) is 1. The third-order valence-electron chi connectivity index (χ3n) is 3.75. The molecule has 0 spiro atoms. The van der Waals surface area contributed by atoms with Crippen molar-refractivity contribution in [3.05, 3.63) is 44.8 Å². The summed E-state index contributed by atoms with van der Waals surface area (Å²) in [6.45, 7) is 0. The summed E-state index contributed by atoms with van der Waals surface area (Å²) in [5.74, 6) is -1.31. The van der Waals surface area contributed by atoms with Gasteiger partial charge in [0.25, 0.3) is 5.56 Å². The van der Waals surface area contributed by atoms with Crippen LogP contribution in [-0.2, 0) is 23.1 Å². The highest BCUT2D eigenvalue weighted by Gasteiger charge is 2.28. The van der Waals surface area contributed by atoms with Crippen LogP contribution in [-0.4, -0.2) is 27.4 Å². The summed E-state index contributed by atoms with van der Waals surface area (Å²) < 4.78 is 0.901. The molecule has 1 aliphatic rings. The van der Waals surface area contributed by atoms with Crippen LogP contribution in [0.5, 0.6) is 0 Å². The fourth-order valence-electron chi connectivity index (χ4n) is 2.46. The van der Waals surface area contributed by atoms with Crippen molar-refractivity contribution < 1.29 is 9.59 Å². The summed E-state index contributed by atoms with van der Waals surface area (Å²) >= 11 is 0. The molecule has 2 amide bonds. The molecule has 1 aromatic rings. The Morgan fingerprint density at radius 3 is 2.73 bits per heavy atom. The number of amides is 2. The van der Waals surface area contributed by atoms with Crippen LogP contribution in [0.15, 0.2) is 27.9 Å². The van der Waals surface area contributed by atoms with E-state index in [9.17, 15) is 19.2 Å². The Balaban J connectivity index is 2.09. The second-order valence-electron chi connectivity index (χ2n) is 5.29. The van der Waals surface area contributed by atoms with Crippen LogP contribution in [0.2, 0.25) is 0 Å². The molecule has 118 valence electrons. The van der Waals surface area contributed by atoms with E-state index in [1.165, 1.54) is 13.2 Å². The zero-order valence-corrected chi connectivity index (χ0v) is 12.2. The number of aromatic nitrogens is 2. The maximum atomic E-state index is 12.1. The Morgan fingerprint density at radius 2 is 2.05 bits per heavy atom. The molecule has 1 aliphatic carbocycles. The summed E-state index contributed by atoms with van der Waals surface area (Å²) in [7, 11) is 1.33. The molecule has 2 rings (SSSR count). The summed E-state index contributed by atoms with van der Waals surface area (Å²) in [4.78, 5) is 49.0. The van der Waals surface area contributed by atoms with Gasteiger partial charge in [0.1, 0.15) is 0 Å². The van der Waals surface area contributed by atoms with Crippen LogP contribution in [0.4, 0.5) is 0 Å². The minimum absolute atomic E-state index is 0.171. The maximum Gasteiger partial charge on any atom is 0.328 e. The molecule has 0 saturated heterocycles. The van der Waals surface area contributed by atoms with Crippen molar-refractivity contribution in [2.24, 2.45) is 18.7 Å². The van der Waals surface area contributed by atoms with Gasteiger partial charge in [-0.3, -0.25) is 19.0 Å². The first-order valence-corrected chi connectivity index (χ1v) is 6.91. The molecule has 0 radical (unpaired) electrons. The molecule has 0 bridgehead atoms. The van der Waals surface area contributed by atoms with Gasteiger partial charge in [-0.05, 0) is 12.8 Å². The highest BCUT2D eigenvalue weighted by atomic mass is 16.2. The summed E-state index contributed by atoms with van der Waals surface area (Å²) in [6.07, 6.45) is 5.80. The SMILES string of the molecule is Cn1c(=O)[nH]cc(CC(=O)N[C@@H]2CC=CC[C@H]2C(N)=O)c1=O. The maximum absolute atomic E-state index is 12.1. The molecule has 0 aromatic carbocycles. The summed E-state index contributed by atoms with van der Waals surface area (Å²) in [6, 6.07) is -0.374. The van der Waals surface area contributed by atoms with Crippen molar-refractivity contribution in [1.29, 1.82) is 0 Å². The largest absolute Gasteiger partial charge is 0.369 e. The Kier molecular flexibility index (Phi) is 4.59. The van der Waals surface area contributed by atoms with Crippen LogP contribution in [0.25, 0.3) is 0 Å². The number of nitrogens with one attached hydrogen (secondary N) is 2. The highest BCUT2D eigenvalue weighted by molar-refractivity contribution is 5.82. The van der Waals surface area contributed by atoms with E-state index in [1.54, 1.807) is 0 Å². The Labute approximate surface area is 126 Å². The number of hydrogen-bond donors (Lipinski definition) is 3. The van der Waals surface area contributed by atoms with Crippen LogP contribution in [0, 0.1) is 5.92 Å². The van der Waals surface area contributed by atoms with E-state index >= 15 is 0 Å². The Hall–Kier alpha value is -2.64. The third kappa shape index (κ3) is 3.33. The molecule has 0 aliphatic heterocycles. The van der Waals surface area contributed by atoms with Crippen molar-refractivity contribution in [2.45, 2.75) is 25.3 Å². The first-order valence-electron chi connectivity index (χ1n) is 6.91. The minimum Gasteiger partial charge on any atom is -0.369 e. The third-order valence-corrected chi connectivity index (χ3v) is 3.75. The number of allylic oxidation sites excluding steroid dienone is 1. The standard InChI is InChI=1S/C14H18N4O4/c1-18-13(21)8(7-16-14(18)22)6-11(19)17-10-5-3-2-4-9(10)12(15)20/h2-3,7,9-10H,4-6H2,1H3,(H2,15,20)(H,16,22)(H,17,19)/t9-,10-/m1/s1. The van der Waals surface area contributed by atoms with Gasteiger partial charge >= 0.3 is 5.69 Å². The van der Waals surface area contributed by atoms with Crippen molar-refractivity contribution in [3.63, 3.8) is 0 Å². The van der Waals surface area contributed by atoms with Gasteiger partial charge in [-0.1, -0.05) is 12.2 Å². The van der Waals surface area contributed by atoms with Crippen molar-refractivity contribution in [1.82, 2.24) is 14.9 Å². The second-order valence-corrected chi connectivity index (χ2v) is 5.29. The lowest BCUT2D eigenvalue weighted by Crippen LogP contribution is -2.47. The summed E-state index contributed by atoms with van der Waals surface area (Å²) in [5, 5.41) is 2.73. The number of H-pyrrole nitrogens is 1. The molecule has 4 N–H and O–H groups in total. The van der Waals surface area contributed by atoms with Gasteiger partial charge < -0.3 is 16.0 Å². The predicted octanol–water partition coefficient (Wildman–Crippen LogP) is -1.45. The molecular weight excluding hydrogens is 288 g/mol. The lowest BCUT2D eigenvalue weighted by atomic mass is 9.88. The number of hydrogen-bond acceptors (Lipinski definition) is 4. The lowest BCUT2D eigenvalue weighted by Gasteiger charge is -2.26. The van der Waals surface area contributed by atoms with Gasteiger partial charge in [0, 0.05) is 24.8 Å². The van der Waals surface area contributed by atoms with Crippen LogP contribution in [0.1, 0.15) is 18.4 Å². The van der Waals surface area contributed by atoms with E-state index in [0.717, 1.165) is 4.57 Å². The van der Waals surface area contributed by atoms with Crippen LogP contribution in [0.3, 0.4) is 0 Å². The molecular formula is C14H18N4O4. The Morgan fingerprint density at radius 1 is 1.36 bits per heavy atom. The number of aromatic amines is 1. The number of rotatable bonds is 4. The molecule has 8 nitrogen and oxygen atoms in total. The van der Waals surface area contributed by atoms with Gasteiger partial charge in [-0.15, -0.1) is 0 Å². The van der Waals surface area contributed by atoms with Gasteiger partial charge in [-0.2, -0.15) is 0 Å². The number of nitrogens with zero attached hydrogens (tertiary/aromatic N) is 1. The van der Waals surface area contributed by atoms with Gasteiger partial charge in [0.15, 0.2) is 0 Å². The molecule has 1 heterocycles. The quantitative estimate of drug-likeness (QED) is 0.588. The average molecular weight is 306 g/mol. The first kappa shape index (κ1) is 15.7. The minimum atomic E-state index is -0.541. The highest BCUT2D eigenvalue weighted by Crippen LogP contribution is 2.18. The molecule has 0 unspecified atom stereocenters.